The van der Waals surface area contributed by atoms with E-state index in [0.717, 1.165) is 12.1 Å². The van der Waals surface area contributed by atoms with Gasteiger partial charge in [-0.1, -0.05) is 72.8 Å². The molecule has 0 spiro atoms. The van der Waals surface area contributed by atoms with Gasteiger partial charge in [0.05, 0.1) is 0 Å². The molecule has 1 aliphatic carbocycles. The zero-order chi connectivity index (χ0) is 17.3. The van der Waals surface area contributed by atoms with Crippen molar-refractivity contribution in [3.8, 4) is 11.1 Å². The molecule has 126 valence electrons. The molecule has 0 radical (unpaired) electrons. The van der Waals surface area contributed by atoms with E-state index in [-0.39, 0.29) is 0 Å². The zero-order valence-electron chi connectivity index (χ0n) is 14.4. The van der Waals surface area contributed by atoms with Gasteiger partial charge in [0, 0.05) is 28.0 Å². The summed E-state index contributed by atoms with van der Waals surface area (Å²) in [5, 5.41) is 4.06. The maximum absolute atomic E-state index is 3.57. The zero-order valence-corrected chi connectivity index (χ0v) is 15.2. The SMILES string of the molecule is C1=C(Nc2ccccc2)CC2Sc3c(cccc3-c3ccccc3)C2=C1. The first-order chi connectivity index (χ1) is 12.9. The number of allylic oxidation sites excluding steroid dienone is 3. The van der Waals surface area contributed by atoms with Crippen LogP contribution in [0.15, 0.2) is 102 Å². The fourth-order valence-electron chi connectivity index (χ4n) is 3.72. The summed E-state index contributed by atoms with van der Waals surface area (Å²) in [6, 6.07) is 27.8. The Labute approximate surface area is 158 Å². The van der Waals surface area contributed by atoms with Crippen LogP contribution in [0.3, 0.4) is 0 Å². The molecule has 5 rings (SSSR count). The van der Waals surface area contributed by atoms with E-state index in [1.165, 1.54) is 32.9 Å². The Hall–Kier alpha value is -2.71. The third-order valence-corrected chi connectivity index (χ3v) is 6.35. The van der Waals surface area contributed by atoms with E-state index >= 15 is 0 Å². The van der Waals surface area contributed by atoms with Crippen LogP contribution in [0.2, 0.25) is 0 Å². The number of hydrogen-bond donors (Lipinski definition) is 1. The minimum Gasteiger partial charge on any atom is -0.359 e. The fourth-order valence-corrected chi connectivity index (χ4v) is 5.23. The maximum atomic E-state index is 3.57. The molecule has 2 heteroatoms. The largest absolute Gasteiger partial charge is 0.359 e. The highest BCUT2D eigenvalue weighted by Crippen LogP contribution is 2.52. The van der Waals surface area contributed by atoms with Crippen molar-refractivity contribution in [2.24, 2.45) is 0 Å². The Balaban J connectivity index is 1.47. The Morgan fingerprint density at radius 1 is 0.731 bits per heavy atom. The third-order valence-electron chi connectivity index (χ3n) is 4.97. The van der Waals surface area contributed by atoms with E-state index in [1.807, 2.05) is 17.8 Å². The van der Waals surface area contributed by atoms with Crippen molar-refractivity contribution in [2.45, 2.75) is 16.6 Å². The summed E-state index contributed by atoms with van der Waals surface area (Å²) >= 11 is 2.01. The second kappa shape index (κ2) is 6.54. The highest BCUT2D eigenvalue weighted by atomic mass is 32.2. The summed E-state index contributed by atoms with van der Waals surface area (Å²) in [7, 11) is 0. The molecule has 1 unspecified atom stereocenters. The number of benzene rings is 3. The van der Waals surface area contributed by atoms with Gasteiger partial charge in [0.1, 0.15) is 0 Å². The lowest BCUT2D eigenvalue weighted by atomic mass is 9.93. The minimum absolute atomic E-state index is 0.492. The Kier molecular flexibility index (Phi) is 3.91. The van der Waals surface area contributed by atoms with E-state index in [2.05, 4.69) is 90.3 Å². The van der Waals surface area contributed by atoms with Crippen molar-refractivity contribution >= 4 is 23.0 Å². The number of hydrogen-bond acceptors (Lipinski definition) is 2. The summed E-state index contributed by atoms with van der Waals surface area (Å²) in [5.41, 5.74) is 7.94. The number of thioether (sulfide) groups is 1. The highest BCUT2D eigenvalue weighted by Gasteiger charge is 2.31. The molecule has 1 aliphatic heterocycles. The molecule has 1 heterocycles. The van der Waals surface area contributed by atoms with Gasteiger partial charge in [0.25, 0.3) is 0 Å². The summed E-state index contributed by atoms with van der Waals surface area (Å²) in [5.74, 6) is 0. The van der Waals surface area contributed by atoms with Crippen molar-refractivity contribution in [1.82, 2.24) is 0 Å². The van der Waals surface area contributed by atoms with Crippen LogP contribution in [-0.4, -0.2) is 5.25 Å². The molecule has 0 bridgehead atoms. The number of anilines is 1. The minimum atomic E-state index is 0.492. The van der Waals surface area contributed by atoms with Crippen LogP contribution in [-0.2, 0) is 0 Å². The van der Waals surface area contributed by atoms with Crippen molar-refractivity contribution in [1.29, 1.82) is 0 Å². The van der Waals surface area contributed by atoms with Crippen LogP contribution in [0.4, 0.5) is 5.69 Å². The summed E-state index contributed by atoms with van der Waals surface area (Å²) in [6.45, 7) is 0. The van der Waals surface area contributed by atoms with Crippen LogP contribution in [0.1, 0.15) is 12.0 Å². The molecule has 1 atom stereocenters. The fraction of sp³-hybridized carbons (Fsp3) is 0.0833. The summed E-state index contributed by atoms with van der Waals surface area (Å²) in [6.07, 6.45) is 5.57. The lowest BCUT2D eigenvalue weighted by Crippen LogP contribution is -2.11. The van der Waals surface area contributed by atoms with E-state index in [4.69, 9.17) is 0 Å². The van der Waals surface area contributed by atoms with Crippen LogP contribution >= 0.6 is 11.8 Å². The molecule has 1 nitrogen and oxygen atoms in total. The smallest absolute Gasteiger partial charge is 0.0405 e. The van der Waals surface area contributed by atoms with E-state index < -0.39 is 0 Å². The van der Waals surface area contributed by atoms with Gasteiger partial charge in [0.15, 0.2) is 0 Å². The van der Waals surface area contributed by atoms with E-state index in [0.29, 0.717) is 5.25 Å². The van der Waals surface area contributed by atoms with Crippen LogP contribution < -0.4 is 5.32 Å². The predicted molar refractivity (Wildman–Crippen MR) is 112 cm³/mol. The number of nitrogens with one attached hydrogen (secondary N) is 1. The normalized spacial score (nSPS) is 17.8. The average Bonchev–Trinajstić information content (AvgIpc) is 3.07. The van der Waals surface area contributed by atoms with Crippen molar-refractivity contribution < 1.29 is 0 Å². The number of fused-ring (bicyclic) bond motifs is 3. The van der Waals surface area contributed by atoms with Gasteiger partial charge >= 0.3 is 0 Å². The second-order valence-corrected chi connectivity index (χ2v) is 7.88. The van der Waals surface area contributed by atoms with Crippen LogP contribution in [0.5, 0.6) is 0 Å². The molecule has 3 aromatic carbocycles. The summed E-state index contributed by atoms with van der Waals surface area (Å²) < 4.78 is 0. The standard InChI is InChI=1S/C24H19NS/c1-3-8-17(9-4-1)20-12-7-13-22-21-15-14-19(16-23(21)26-24(20)22)25-18-10-5-2-6-11-18/h1-15,23,25H,16H2. The molecule has 0 aromatic heterocycles. The monoisotopic (exact) mass is 353 g/mol. The van der Waals surface area contributed by atoms with Gasteiger partial charge in [-0.2, -0.15) is 0 Å². The second-order valence-electron chi connectivity index (χ2n) is 6.66. The topological polar surface area (TPSA) is 12.0 Å². The lowest BCUT2D eigenvalue weighted by Gasteiger charge is -2.20. The lowest BCUT2D eigenvalue weighted by molar-refractivity contribution is 1.01. The van der Waals surface area contributed by atoms with Gasteiger partial charge in [-0.15, -0.1) is 11.8 Å². The first kappa shape index (κ1) is 15.5. The summed E-state index contributed by atoms with van der Waals surface area (Å²) in [4.78, 5) is 1.42. The van der Waals surface area contributed by atoms with E-state index in [9.17, 15) is 0 Å². The number of rotatable bonds is 3. The average molecular weight is 353 g/mol. The van der Waals surface area contributed by atoms with Crippen LogP contribution in [0.25, 0.3) is 16.7 Å². The van der Waals surface area contributed by atoms with Crippen LogP contribution in [0, 0.1) is 0 Å². The molecular formula is C24H19NS. The molecule has 0 amide bonds. The highest BCUT2D eigenvalue weighted by molar-refractivity contribution is 8.01. The molecule has 0 saturated carbocycles. The molecular weight excluding hydrogens is 334 g/mol. The van der Waals surface area contributed by atoms with Gasteiger partial charge in [-0.25, -0.2) is 0 Å². The molecule has 0 fully saturated rings. The Morgan fingerprint density at radius 2 is 1.46 bits per heavy atom. The van der Waals surface area contributed by atoms with Crippen molar-refractivity contribution in [3.05, 3.63) is 102 Å². The van der Waals surface area contributed by atoms with Gasteiger partial charge < -0.3 is 5.32 Å². The van der Waals surface area contributed by atoms with Gasteiger partial charge in [-0.3, -0.25) is 0 Å². The maximum Gasteiger partial charge on any atom is 0.0405 e. The molecule has 0 saturated heterocycles. The van der Waals surface area contributed by atoms with Crippen molar-refractivity contribution in [3.63, 3.8) is 0 Å². The molecule has 1 N–H and O–H groups in total. The molecule has 2 aliphatic rings. The Morgan fingerprint density at radius 3 is 2.27 bits per heavy atom. The Bertz CT molecular complexity index is 1000. The first-order valence-corrected chi connectivity index (χ1v) is 9.85. The van der Waals surface area contributed by atoms with Crippen molar-refractivity contribution in [2.75, 3.05) is 5.32 Å². The molecule has 26 heavy (non-hydrogen) atoms. The van der Waals surface area contributed by atoms with E-state index in [1.54, 1.807) is 0 Å². The first-order valence-electron chi connectivity index (χ1n) is 8.97. The quantitative estimate of drug-likeness (QED) is 0.568. The third kappa shape index (κ3) is 2.77. The number of para-hydroxylation sites is 1. The van der Waals surface area contributed by atoms with Gasteiger partial charge in [-0.05, 0) is 40.5 Å². The van der Waals surface area contributed by atoms with Gasteiger partial charge in [0.2, 0.25) is 0 Å². The molecule has 3 aromatic rings. The predicted octanol–water partition coefficient (Wildman–Crippen LogP) is 6.61.